The number of nitrogens with one attached hydrogen (secondary N) is 2. The number of rotatable bonds is 4. The highest BCUT2D eigenvalue weighted by molar-refractivity contribution is 7.09. The van der Waals surface area contributed by atoms with Crippen LogP contribution in [0.5, 0.6) is 0 Å². The van der Waals surface area contributed by atoms with Gasteiger partial charge >= 0.3 is 0 Å². The van der Waals surface area contributed by atoms with Crippen LogP contribution in [0.25, 0.3) is 0 Å². The Morgan fingerprint density at radius 2 is 1.90 bits per heavy atom. The molecule has 0 bridgehead atoms. The summed E-state index contributed by atoms with van der Waals surface area (Å²) in [6.07, 6.45) is 0. The van der Waals surface area contributed by atoms with Crippen LogP contribution in [-0.2, 0) is 12.0 Å². The fraction of sp³-hybridized carbons (Fsp3) is 0.462. The second-order valence-electron chi connectivity index (χ2n) is 5.59. The highest BCUT2D eigenvalue weighted by atomic mass is 32.1. The highest BCUT2D eigenvalue weighted by Gasteiger charge is 2.19. The number of nitrogen functional groups attached to an aromatic ring is 1. The van der Waals surface area contributed by atoms with Crippen molar-refractivity contribution in [2.45, 2.75) is 39.7 Å². The van der Waals surface area contributed by atoms with Gasteiger partial charge in [0, 0.05) is 22.6 Å². The molecular formula is C13H20N6S. The van der Waals surface area contributed by atoms with Crippen LogP contribution in [0, 0.1) is 6.92 Å². The number of aromatic nitrogens is 3. The van der Waals surface area contributed by atoms with Gasteiger partial charge in [-0.25, -0.2) is 20.8 Å². The minimum atomic E-state index is -0.138. The van der Waals surface area contributed by atoms with Crippen LogP contribution in [0.4, 0.5) is 11.6 Å². The molecule has 0 aromatic carbocycles. The molecule has 2 heterocycles. The lowest BCUT2D eigenvalue weighted by Gasteiger charge is -2.18. The molecule has 0 radical (unpaired) electrons. The monoisotopic (exact) mass is 292 g/mol. The summed E-state index contributed by atoms with van der Waals surface area (Å²) in [5, 5.41) is 6.32. The van der Waals surface area contributed by atoms with Crippen LogP contribution in [0.15, 0.2) is 11.4 Å². The molecule has 108 valence electrons. The third kappa shape index (κ3) is 3.64. The Labute approximate surface area is 122 Å². The van der Waals surface area contributed by atoms with Crippen molar-refractivity contribution in [1.29, 1.82) is 0 Å². The van der Waals surface area contributed by atoms with E-state index >= 15 is 0 Å². The Morgan fingerprint density at radius 1 is 1.20 bits per heavy atom. The molecule has 0 saturated carbocycles. The first-order valence-corrected chi connectivity index (χ1v) is 7.27. The van der Waals surface area contributed by atoms with Gasteiger partial charge in [-0.2, -0.15) is 0 Å². The van der Waals surface area contributed by atoms with Crippen molar-refractivity contribution < 1.29 is 0 Å². The third-order valence-electron chi connectivity index (χ3n) is 2.63. The molecule has 20 heavy (non-hydrogen) atoms. The zero-order chi connectivity index (χ0) is 14.8. The highest BCUT2D eigenvalue weighted by Crippen LogP contribution is 2.22. The molecule has 0 amide bonds. The number of nitrogens with zero attached hydrogens (tertiary/aromatic N) is 3. The molecule has 0 spiro atoms. The van der Waals surface area contributed by atoms with Crippen LogP contribution >= 0.6 is 11.3 Å². The molecule has 0 atom stereocenters. The Balaban J connectivity index is 2.18. The Hall–Kier alpha value is -1.73. The quantitative estimate of drug-likeness (QED) is 0.592. The molecule has 2 aromatic rings. The maximum Gasteiger partial charge on any atom is 0.145 e. The van der Waals surface area contributed by atoms with Crippen molar-refractivity contribution in [3.8, 4) is 0 Å². The summed E-state index contributed by atoms with van der Waals surface area (Å²) in [5.41, 5.74) is 3.48. The van der Waals surface area contributed by atoms with E-state index in [1.807, 2.05) is 12.3 Å². The summed E-state index contributed by atoms with van der Waals surface area (Å²) in [6, 6.07) is 1.79. The number of hydrazine groups is 1. The van der Waals surface area contributed by atoms with E-state index in [4.69, 9.17) is 5.84 Å². The summed E-state index contributed by atoms with van der Waals surface area (Å²) in [4.78, 5) is 13.3. The maximum absolute atomic E-state index is 5.46. The standard InChI is InChI=1S/C13H20N6S/c1-8-7-20-11(16-8)6-15-9-5-10(19-14)18-12(17-9)13(2,3)4/h5,7H,6,14H2,1-4H3,(H2,15,17,18,19). The number of aryl methyl sites for hydroxylation is 1. The minimum Gasteiger partial charge on any atom is -0.363 e. The SMILES string of the molecule is Cc1csc(CNc2cc(NN)nc(C(C)(C)C)n2)n1. The van der Waals surface area contributed by atoms with Crippen LogP contribution in [0.3, 0.4) is 0 Å². The van der Waals surface area contributed by atoms with Gasteiger partial charge in [0.05, 0.1) is 6.54 Å². The first-order chi connectivity index (χ1) is 9.38. The smallest absolute Gasteiger partial charge is 0.145 e. The molecule has 0 aliphatic rings. The van der Waals surface area contributed by atoms with Gasteiger partial charge in [0.2, 0.25) is 0 Å². The average molecular weight is 292 g/mol. The van der Waals surface area contributed by atoms with Gasteiger partial charge in [0.25, 0.3) is 0 Å². The summed E-state index contributed by atoms with van der Waals surface area (Å²) in [5.74, 6) is 7.55. The van der Waals surface area contributed by atoms with Crippen LogP contribution in [-0.4, -0.2) is 15.0 Å². The van der Waals surface area contributed by atoms with E-state index < -0.39 is 0 Å². The molecule has 0 aliphatic carbocycles. The first-order valence-electron chi connectivity index (χ1n) is 6.39. The van der Waals surface area contributed by atoms with Gasteiger partial charge in [-0.1, -0.05) is 20.8 Å². The first kappa shape index (κ1) is 14.7. The van der Waals surface area contributed by atoms with Gasteiger partial charge in [-0.15, -0.1) is 11.3 Å². The van der Waals surface area contributed by atoms with Crippen LogP contribution in [0.1, 0.15) is 37.3 Å². The lowest BCUT2D eigenvalue weighted by Crippen LogP contribution is -2.20. The number of anilines is 2. The second-order valence-corrected chi connectivity index (χ2v) is 6.54. The maximum atomic E-state index is 5.46. The van der Waals surface area contributed by atoms with Crippen molar-refractivity contribution >= 4 is 23.0 Å². The van der Waals surface area contributed by atoms with E-state index in [1.54, 1.807) is 17.4 Å². The molecule has 0 saturated heterocycles. The summed E-state index contributed by atoms with van der Waals surface area (Å²) < 4.78 is 0. The van der Waals surface area contributed by atoms with E-state index in [2.05, 4.69) is 46.5 Å². The summed E-state index contributed by atoms with van der Waals surface area (Å²) in [6.45, 7) is 8.83. The Kier molecular flexibility index (Phi) is 4.20. The van der Waals surface area contributed by atoms with E-state index in [0.29, 0.717) is 12.4 Å². The lowest BCUT2D eigenvalue weighted by atomic mass is 9.96. The molecule has 2 aromatic heterocycles. The fourth-order valence-corrected chi connectivity index (χ4v) is 2.31. The number of thiazole rings is 1. The number of hydrogen-bond acceptors (Lipinski definition) is 7. The molecule has 0 unspecified atom stereocenters. The van der Waals surface area contributed by atoms with E-state index in [-0.39, 0.29) is 5.41 Å². The van der Waals surface area contributed by atoms with Gasteiger partial charge in [0.15, 0.2) is 0 Å². The zero-order valence-corrected chi connectivity index (χ0v) is 13.0. The van der Waals surface area contributed by atoms with Gasteiger partial charge in [-0.05, 0) is 6.92 Å². The van der Waals surface area contributed by atoms with E-state index in [0.717, 1.165) is 22.3 Å². The molecule has 4 N–H and O–H groups in total. The molecule has 7 heteroatoms. The summed E-state index contributed by atoms with van der Waals surface area (Å²) in [7, 11) is 0. The Morgan fingerprint density at radius 3 is 2.45 bits per heavy atom. The number of nitrogens with two attached hydrogens (primary N) is 1. The van der Waals surface area contributed by atoms with Crippen molar-refractivity contribution in [3.63, 3.8) is 0 Å². The zero-order valence-electron chi connectivity index (χ0n) is 12.2. The largest absolute Gasteiger partial charge is 0.363 e. The van der Waals surface area contributed by atoms with Crippen molar-refractivity contribution in [1.82, 2.24) is 15.0 Å². The van der Waals surface area contributed by atoms with E-state index in [9.17, 15) is 0 Å². The Bertz CT molecular complexity index is 587. The van der Waals surface area contributed by atoms with Crippen LogP contribution in [0.2, 0.25) is 0 Å². The minimum absolute atomic E-state index is 0.138. The summed E-state index contributed by atoms with van der Waals surface area (Å²) >= 11 is 1.63. The molecule has 6 nitrogen and oxygen atoms in total. The van der Waals surface area contributed by atoms with Crippen molar-refractivity contribution in [2.75, 3.05) is 10.7 Å². The van der Waals surface area contributed by atoms with E-state index in [1.165, 1.54) is 0 Å². The van der Waals surface area contributed by atoms with Gasteiger partial charge < -0.3 is 10.7 Å². The molecule has 0 fully saturated rings. The third-order valence-corrected chi connectivity index (χ3v) is 3.60. The lowest BCUT2D eigenvalue weighted by molar-refractivity contribution is 0.546. The molecule has 2 rings (SSSR count). The fourth-order valence-electron chi connectivity index (χ4n) is 1.60. The van der Waals surface area contributed by atoms with Gasteiger partial charge in [0.1, 0.15) is 22.5 Å². The second kappa shape index (κ2) is 5.72. The molecular weight excluding hydrogens is 272 g/mol. The van der Waals surface area contributed by atoms with Crippen molar-refractivity contribution in [3.05, 3.63) is 28.0 Å². The average Bonchev–Trinajstić information content (AvgIpc) is 2.81. The predicted octanol–water partition coefficient (Wildman–Crippen LogP) is 2.44. The van der Waals surface area contributed by atoms with Crippen LogP contribution < -0.4 is 16.6 Å². The number of hydrogen-bond donors (Lipinski definition) is 3. The topological polar surface area (TPSA) is 88.8 Å². The predicted molar refractivity (Wildman–Crippen MR) is 82.7 cm³/mol. The van der Waals surface area contributed by atoms with Crippen molar-refractivity contribution in [2.24, 2.45) is 5.84 Å². The molecule has 0 aliphatic heterocycles. The normalized spacial score (nSPS) is 11.4. The van der Waals surface area contributed by atoms with Gasteiger partial charge in [-0.3, -0.25) is 0 Å².